The largest absolute Gasteiger partial charge is 0.479 e. The summed E-state index contributed by atoms with van der Waals surface area (Å²) in [7, 11) is 3.47. The summed E-state index contributed by atoms with van der Waals surface area (Å²) < 4.78 is 12.6. The lowest BCUT2D eigenvalue weighted by molar-refractivity contribution is -0.121. The van der Waals surface area contributed by atoms with Gasteiger partial charge in [0.2, 0.25) is 11.8 Å². The fourth-order valence-corrected chi connectivity index (χ4v) is 3.47. The molecule has 1 aliphatic rings. The van der Waals surface area contributed by atoms with E-state index in [4.69, 9.17) is 9.47 Å². The number of nitrogens with zero attached hydrogens (tertiary/aromatic N) is 3. The van der Waals surface area contributed by atoms with Gasteiger partial charge in [0.25, 0.3) is 0 Å². The normalized spacial score (nSPS) is 17.2. The summed E-state index contributed by atoms with van der Waals surface area (Å²) >= 11 is 0. The molecule has 1 fully saturated rings. The van der Waals surface area contributed by atoms with Gasteiger partial charge in [-0.1, -0.05) is 0 Å². The number of amides is 1. The zero-order valence-corrected chi connectivity index (χ0v) is 15.4. The molecule has 1 saturated heterocycles. The van der Waals surface area contributed by atoms with Crippen LogP contribution in [0.1, 0.15) is 36.1 Å². The lowest BCUT2D eigenvalue weighted by Gasteiger charge is -2.13. The van der Waals surface area contributed by atoms with Crippen LogP contribution in [0.4, 0.5) is 0 Å². The minimum Gasteiger partial charge on any atom is -0.479 e. The molecule has 1 aliphatic heterocycles. The number of carbonyl (C=O) groups is 1. The van der Waals surface area contributed by atoms with Gasteiger partial charge in [-0.2, -0.15) is 0 Å². The number of ether oxygens (including phenoxy) is 2. The van der Waals surface area contributed by atoms with Crippen molar-refractivity contribution in [2.75, 3.05) is 20.3 Å². The number of aromatic nitrogens is 3. The molecule has 0 saturated carbocycles. The van der Waals surface area contributed by atoms with Crippen LogP contribution in [0.2, 0.25) is 0 Å². The fourth-order valence-electron chi connectivity index (χ4n) is 3.47. The molecule has 0 radical (unpaired) electrons. The number of hydrogen-bond acceptors (Lipinski definition) is 5. The Balaban J connectivity index is 1.71. The summed E-state index contributed by atoms with van der Waals surface area (Å²) in [6.07, 6.45) is 3.36. The van der Waals surface area contributed by atoms with Crippen molar-refractivity contribution in [3.05, 3.63) is 16.8 Å². The highest BCUT2D eigenvalue weighted by Crippen LogP contribution is 2.30. The molecule has 2 aromatic heterocycles. The number of methoxy groups -OCH3 is 1. The monoisotopic (exact) mass is 346 g/mol. The first-order valence-electron chi connectivity index (χ1n) is 8.76. The van der Waals surface area contributed by atoms with Crippen molar-refractivity contribution in [3.8, 4) is 5.88 Å². The van der Waals surface area contributed by atoms with Gasteiger partial charge < -0.3 is 14.8 Å². The third-order valence-electron chi connectivity index (χ3n) is 4.87. The second-order valence-corrected chi connectivity index (χ2v) is 6.57. The third-order valence-corrected chi connectivity index (χ3v) is 4.87. The average Bonchev–Trinajstić information content (AvgIpc) is 3.21. The fraction of sp³-hybridized carbons (Fsp3) is 0.611. The molecule has 0 aromatic carbocycles. The number of rotatable bonds is 6. The SMILES string of the molecule is COc1nn(C)c2nc(C)c(CCC(=O)NC[C@@H]3CCCO3)c(C)c12. The summed E-state index contributed by atoms with van der Waals surface area (Å²) in [5, 5.41) is 8.25. The highest BCUT2D eigenvalue weighted by atomic mass is 16.5. The molecule has 7 nitrogen and oxygen atoms in total. The molecule has 0 aliphatic carbocycles. The lowest BCUT2D eigenvalue weighted by atomic mass is 10.00. The molecule has 0 spiro atoms. The standard InChI is InChI=1S/C18H26N4O3/c1-11-14(7-8-15(23)19-10-13-6-5-9-25-13)12(2)20-17-16(11)18(24-4)21-22(17)3/h13H,5-10H2,1-4H3,(H,19,23)/t13-/m0/s1. The van der Waals surface area contributed by atoms with E-state index in [-0.39, 0.29) is 12.0 Å². The summed E-state index contributed by atoms with van der Waals surface area (Å²) in [5.74, 6) is 0.624. The maximum atomic E-state index is 12.2. The van der Waals surface area contributed by atoms with Crippen molar-refractivity contribution >= 4 is 16.9 Å². The molecule has 0 unspecified atom stereocenters. The Kier molecular flexibility index (Phi) is 5.22. The van der Waals surface area contributed by atoms with E-state index in [0.717, 1.165) is 47.3 Å². The van der Waals surface area contributed by atoms with Crippen LogP contribution in [-0.2, 0) is 23.0 Å². The zero-order valence-electron chi connectivity index (χ0n) is 15.4. The van der Waals surface area contributed by atoms with Gasteiger partial charge in [-0.3, -0.25) is 4.79 Å². The number of pyridine rings is 1. The van der Waals surface area contributed by atoms with Crippen molar-refractivity contribution in [2.24, 2.45) is 7.05 Å². The summed E-state index contributed by atoms with van der Waals surface area (Å²) in [6, 6.07) is 0. The van der Waals surface area contributed by atoms with E-state index in [1.807, 2.05) is 20.9 Å². The first-order valence-corrected chi connectivity index (χ1v) is 8.76. The predicted molar refractivity (Wildman–Crippen MR) is 94.8 cm³/mol. The first kappa shape index (κ1) is 17.7. The van der Waals surface area contributed by atoms with Gasteiger partial charge >= 0.3 is 0 Å². The Labute approximate surface area is 147 Å². The summed E-state index contributed by atoms with van der Waals surface area (Å²) in [4.78, 5) is 16.8. The molecule has 3 rings (SSSR count). The minimum absolute atomic E-state index is 0.0487. The van der Waals surface area contributed by atoms with Crippen LogP contribution in [0.3, 0.4) is 0 Å². The minimum atomic E-state index is 0.0487. The smallest absolute Gasteiger partial charge is 0.242 e. The topological polar surface area (TPSA) is 78.3 Å². The molecule has 3 heterocycles. The molecular formula is C18H26N4O3. The number of fused-ring (bicyclic) bond motifs is 1. The molecule has 7 heteroatoms. The van der Waals surface area contributed by atoms with Crippen LogP contribution in [-0.4, -0.2) is 47.0 Å². The van der Waals surface area contributed by atoms with E-state index in [0.29, 0.717) is 25.3 Å². The lowest BCUT2D eigenvalue weighted by Crippen LogP contribution is -2.31. The maximum absolute atomic E-state index is 12.2. The second-order valence-electron chi connectivity index (χ2n) is 6.57. The van der Waals surface area contributed by atoms with E-state index in [2.05, 4.69) is 15.4 Å². The zero-order chi connectivity index (χ0) is 18.0. The molecule has 1 amide bonds. The van der Waals surface area contributed by atoms with Gasteiger partial charge in [0, 0.05) is 32.3 Å². The predicted octanol–water partition coefficient (Wildman–Crippen LogP) is 1.82. The molecule has 2 aromatic rings. The Hall–Kier alpha value is -2.15. The average molecular weight is 346 g/mol. The molecule has 25 heavy (non-hydrogen) atoms. The van der Waals surface area contributed by atoms with Crippen LogP contribution >= 0.6 is 0 Å². The van der Waals surface area contributed by atoms with E-state index in [9.17, 15) is 4.79 Å². The van der Waals surface area contributed by atoms with Gasteiger partial charge in [0.05, 0.1) is 18.6 Å². The van der Waals surface area contributed by atoms with Gasteiger partial charge in [-0.05, 0) is 44.2 Å². The number of nitrogens with one attached hydrogen (secondary N) is 1. The highest BCUT2D eigenvalue weighted by Gasteiger charge is 2.19. The van der Waals surface area contributed by atoms with Gasteiger partial charge in [-0.25, -0.2) is 9.67 Å². The molecule has 1 atom stereocenters. The Morgan fingerprint density at radius 1 is 1.44 bits per heavy atom. The Bertz CT molecular complexity index is 778. The quantitative estimate of drug-likeness (QED) is 0.863. The van der Waals surface area contributed by atoms with Crippen LogP contribution < -0.4 is 10.1 Å². The molecule has 1 N–H and O–H groups in total. The van der Waals surface area contributed by atoms with E-state index >= 15 is 0 Å². The highest BCUT2D eigenvalue weighted by molar-refractivity contribution is 5.86. The van der Waals surface area contributed by atoms with E-state index < -0.39 is 0 Å². The van der Waals surface area contributed by atoms with Crippen LogP contribution in [0.25, 0.3) is 11.0 Å². The summed E-state index contributed by atoms with van der Waals surface area (Å²) in [6.45, 7) is 5.43. The first-order chi connectivity index (χ1) is 12.0. The van der Waals surface area contributed by atoms with Crippen molar-refractivity contribution in [2.45, 2.75) is 45.6 Å². The Morgan fingerprint density at radius 3 is 2.92 bits per heavy atom. The number of carbonyl (C=O) groups excluding carboxylic acids is 1. The van der Waals surface area contributed by atoms with Crippen molar-refractivity contribution in [1.82, 2.24) is 20.1 Å². The summed E-state index contributed by atoms with van der Waals surface area (Å²) in [5.41, 5.74) is 3.91. The van der Waals surface area contributed by atoms with Gasteiger partial charge in [0.1, 0.15) is 0 Å². The van der Waals surface area contributed by atoms with Crippen molar-refractivity contribution < 1.29 is 14.3 Å². The third kappa shape index (κ3) is 3.61. The van der Waals surface area contributed by atoms with E-state index in [1.165, 1.54) is 0 Å². The van der Waals surface area contributed by atoms with Crippen molar-refractivity contribution in [3.63, 3.8) is 0 Å². The van der Waals surface area contributed by atoms with E-state index in [1.54, 1.807) is 11.8 Å². The van der Waals surface area contributed by atoms with Gasteiger partial charge in [-0.15, -0.1) is 5.10 Å². The number of aryl methyl sites for hydroxylation is 3. The van der Waals surface area contributed by atoms with Gasteiger partial charge in [0.15, 0.2) is 5.65 Å². The molecular weight excluding hydrogens is 320 g/mol. The molecule has 136 valence electrons. The van der Waals surface area contributed by atoms with Crippen LogP contribution in [0.15, 0.2) is 0 Å². The second kappa shape index (κ2) is 7.39. The molecule has 0 bridgehead atoms. The number of hydrogen-bond donors (Lipinski definition) is 1. The van der Waals surface area contributed by atoms with Crippen LogP contribution in [0.5, 0.6) is 5.88 Å². The van der Waals surface area contributed by atoms with Crippen molar-refractivity contribution in [1.29, 1.82) is 0 Å². The maximum Gasteiger partial charge on any atom is 0.242 e. The van der Waals surface area contributed by atoms with Crippen LogP contribution in [0, 0.1) is 13.8 Å². The Morgan fingerprint density at radius 2 is 2.24 bits per heavy atom.